The van der Waals surface area contributed by atoms with Crippen molar-refractivity contribution >= 4 is 5.97 Å². The first kappa shape index (κ1) is 12.8. The zero-order valence-electron chi connectivity index (χ0n) is 10.8. The molecule has 4 heteroatoms. The highest BCUT2D eigenvalue weighted by molar-refractivity contribution is 5.72. The lowest BCUT2D eigenvalue weighted by Gasteiger charge is -2.33. The molecule has 2 N–H and O–H groups in total. The number of fused-ring (bicyclic) bond motifs is 2. The zero-order chi connectivity index (χ0) is 12.6. The molecule has 0 saturated heterocycles. The van der Waals surface area contributed by atoms with Gasteiger partial charge >= 0.3 is 5.97 Å². The predicted octanol–water partition coefficient (Wildman–Crippen LogP) is 1.50. The third kappa shape index (κ3) is 2.33. The van der Waals surface area contributed by atoms with Crippen molar-refractivity contribution in [2.45, 2.75) is 51.3 Å². The number of nitrogens with one attached hydrogen (secondary N) is 1. The monoisotopic (exact) mass is 241 g/mol. The fourth-order valence-electron chi connectivity index (χ4n) is 3.53. The van der Waals surface area contributed by atoms with Gasteiger partial charge in [0.15, 0.2) is 0 Å². The highest BCUT2D eigenvalue weighted by Gasteiger charge is 2.51. The number of hydrogen-bond donors (Lipinski definition) is 2. The first-order chi connectivity index (χ1) is 8.04. The Labute approximate surface area is 103 Å². The number of methoxy groups -OCH3 is 1. The molecule has 2 saturated carbocycles. The first-order valence-corrected chi connectivity index (χ1v) is 6.56. The van der Waals surface area contributed by atoms with Crippen LogP contribution < -0.4 is 5.32 Å². The average Bonchev–Trinajstić information content (AvgIpc) is 2.87. The van der Waals surface area contributed by atoms with E-state index in [4.69, 9.17) is 4.74 Å². The van der Waals surface area contributed by atoms with Crippen LogP contribution in [0.5, 0.6) is 0 Å². The second kappa shape index (κ2) is 4.94. The van der Waals surface area contributed by atoms with Gasteiger partial charge in [-0.2, -0.15) is 0 Å². The lowest BCUT2D eigenvalue weighted by Crippen LogP contribution is -2.50. The van der Waals surface area contributed by atoms with E-state index in [2.05, 4.69) is 12.2 Å². The lowest BCUT2D eigenvalue weighted by molar-refractivity contribution is -0.144. The fraction of sp³-hybridized carbons (Fsp3) is 0.923. The molecule has 4 nitrogen and oxygen atoms in total. The third-order valence-electron chi connectivity index (χ3n) is 4.73. The average molecular weight is 241 g/mol. The van der Waals surface area contributed by atoms with Crippen LogP contribution in [0.3, 0.4) is 0 Å². The molecule has 6 atom stereocenters. The number of aliphatic carboxylic acids is 1. The molecule has 0 aromatic carbocycles. The fourth-order valence-corrected chi connectivity index (χ4v) is 3.53. The highest BCUT2D eigenvalue weighted by atomic mass is 16.5. The van der Waals surface area contributed by atoms with Crippen molar-refractivity contribution in [2.75, 3.05) is 7.11 Å². The van der Waals surface area contributed by atoms with E-state index in [1.165, 1.54) is 6.42 Å². The Morgan fingerprint density at radius 1 is 1.35 bits per heavy atom. The molecule has 0 aromatic heterocycles. The maximum absolute atomic E-state index is 11.4. The molecular formula is C13H23NO3. The zero-order valence-corrected chi connectivity index (χ0v) is 10.8. The van der Waals surface area contributed by atoms with E-state index in [9.17, 15) is 9.90 Å². The molecule has 0 amide bonds. The van der Waals surface area contributed by atoms with Crippen LogP contribution in [-0.2, 0) is 9.53 Å². The molecule has 2 aliphatic carbocycles. The molecule has 6 unspecified atom stereocenters. The topological polar surface area (TPSA) is 58.6 Å². The molecule has 17 heavy (non-hydrogen) atoms. The van der Waals surface area contributed by atoms with E-state index in [1.54, 1.807) is 7.11 Å². The van der Waals surface area contributed by atoms with Crippen LogP contribution in [0, 0.1) is 17.8 Å². The van der Waals surface area contributed by atoms with Crippen LogP contribution in [0.1, 0.15) is 33.1 Å². The van der Waals surface area contributed by atoms with Crippen molar-refractivity contribution < 1.29 is 14.6 Å². The smallest absolute Gasteiger partial charge is 0.308 e. The minimum atomic E-state index is -0.632. The van der Waals surface area contributed by atoms with Gasteiger partial charge in [0.2, 0.25) is 0 Å². The van der Waals surface area contributed by atoms with Gasteiger partial charge in [-0.15, -0.1) is 0 Å². The van der Waals surface area contributed by atoms with Crippen LogP contribution in [-0.4, -0.2) is 36.4 Å². The summed E-state index contributed by atoms with van der Waals surface area (Å²) in [6, 6.07) is 0.338. The Morgan fingerprint density at radius 2 is 2.00 bits per heavy atom. The van der Waals surface area contributed by atoms with Crippen LogP contribution >= 0.6 is 0 Å². The summed E-state index contributed by atoms with van der Waals surface area (Å²) in [7, 11) is 1.69. The van der Waals surface area contributed by atoms with Gasteiger partial charge in [0.1, 0.15) is 0 Å². The Kier molecular flexibility index (Phi) is 3.73. The Morgan fingerprint density at radius 3 is 2.59 bits per heavy atom. The second-order valence-electron chi connectivity index (χ2n) is 5.62. The first-order valence-electron chi connectivity index (χ1n) is 6.56. The maximum Gasteiger partial charge on any atom is 0.308 e. The van der Waals surface area contributed by atoms with E-state index in [0.29, 0.717) is 11.8 Å². The SMILES string of the molecule is COC(C)C(C)NC1C2CCC(C2)C1C(=O)O. The van der Waals surface area contributed by atoms with Crippen molar-refractivity contribution in [3.8, 4) is 0 Å². The summed E-state index contributed by atoms with van der Waals surface area (Å²) in [6.45, 7) is 4.08. The van der Waals surface area contributed by atoms with Gasteiger partial charge < -0.3 is 15.2 Å². The van der Waals surface area contributed by atoms with Crippen molar-refractivity contribution in [1.82, 2.24) is 5.32 Å². The van der Waals surface area contributed by atoms with Crippen LogP contribution in [0.2, 0.25) is 0 Å². The molecule has 0 aromatic rings. The number of carbonyl (C=O) groups is 1. The summed E-state index contributed by atoms with van der Waals surface area (Å²) >= 11 is 0. The predicted molar refractivity (Wildman–Crippen MR) is 64.8 cm³/mol. The summed E-state index contributed by atoms with van der Waals surface area (Å²) in [4.78, 5) is 11.4. The molecule has 0 spiro atoms. The van der Waals surface area contributed by atoms with Crippen molar-refractivity contribution in [2.24, 2.45) is 17.8 Å². The molecular weight excluding hydrogens is 218 g/mol. The van der Waals surface area contributed by atoms with Gasteiger partial charge in [-0.1, -0.05) is 0 Å². The Balaban J connectivity index is 2.01. The largest absolute Gasteiger partial charge is 0.481 e. The number of carboxylic acids is 1. The highest BCUT2D eigenvalue weighted by Crippen LogP contribution is 2.48. The van der Waals surface area contributed by atoms with E-state index >= 15 is 0 Å². The third-order valence-corrected chi connectivity index (χ3v) is 4.73. The molecule has 2 rings (SSSR count). The number of hydrogen-bond acceptors (Lipinski definition) is 3. The Bertz CT molecular complexity index is 294. The molecule has 2 aliphatic rings. The number of rotatable bonds is 5. The van der Waals surface area contributed by atoms with Gasteiger partial charge in [-0.25, -0.2) is 0 Å². The minimum absolute atomic E-state index is 0.114. The van der Waals surface area contributed by atoms with Gasteiger partial charge in [0, 0.05) is 19.2 Å². The van der Waals surface area contributed by atoms with E-state index < -0.39 is 5.97 Å². The molecule has 0 radical (unpaired) electrons. The standard InChI is InChI=1S/C13H23NO3/c1-7(8(2)17-3)14-12-10-5-4-9(6-10)11(12)13(15)16/h7-12,14H,4-6H2,1-3H3,(H,15,16). The van der Waals surface area contributed by atoms with Gasteiger partial charge in [0.25, 0.3) is 0 Å². The van der Waals surface area contributed by atoms with Gasteiger partial charge in [-0.05, 0) is 44.9 Å². The maximum atomic E-state index is 11.4. The molecule has 2 fully saturated rings. The quantitative estimate of drug-likeness (QED) is 0.766. The van der Waals surface area contributed by atoms with E-state index in [0.717, 1.165) is 12.8 Å². The summed E-state index contributed by atoms with van der Waals surface area (Å²) in [5, 5.41) is 12.8. The van der Waals surface area contributed by atoms with Crippen molar-refractivity contribution in [3.63, 3.8) is 0 Å². The van der Waals surface area contributed by atoms with Crippen LogP contribution in [0.4, 0.5) is 0 Å². The Hall–Kier alpha value is -0.610. The normalized spacial score (nSPS) is 39.2. The molecule has 0 aliphatic heterocycles. The second-order valence-corrected chi connectivity index (χ2v) is 5.62. The van der Waals surface area contributed by atoms with Crippen molar-refractivity contribution in [1.29, 1.82) is 0 Å². The summed E-state index contributed by atoms with van der Waals surface area (Å²) in [5.41, 5.74) is 0. The van der Waals surface area contributed by atoms with Gasteiger partial charge in [0.05, 0.1) is 12.0 Å². The molecule has 2 bridgehead atoms. The van der Waals surface area contributed by atoms with Crippen molar-refractivity contribution in [3.05, 3.63) is 0 Å². The van der Waals surface area contributed by atoms with Crippen LogP contribution in [0.25, 0.3) is 0 Å². The van der Waals surface area contributed by atoms with Gasteiger partial charge in [-0.3, -0.25) is 4.79 Å². The molecule has 0 heterocycles. The van der Waals surface area contributed by atoms with E-state index in [1.807, 2.05) is 6.92 Å². The molecule has 98 valence electrons. The van der Waals surface area contributed by atoms with Crippen LogP contribution in [0.15, 0.2) is 0 Å². The lowest BCUT2D eigenvalue weighted by atomic mass is 9.84. The summed E-state index contributed by atoms with van der Waals surface area (Å²) in [6.07, 6.45) is 3.47. The number of ether oxygens (including phenoxy) is 1. The van der Waals surface area contributed by atoms with E-state index in [-0.39, 0.29) is 24.1 Å². The summed E-state index contributed by atoms with van der Waals surface area (Å²) in [5.74, 6) is 0.111. The number of carboxylic acid groups (broad SMARTS) is 1. The minimum Gasteiger partial charge on any atom is -0.481 e. The summed E-state index contributed by atoms with van der Waals surface area (Å²) < 4.78 is 5.29.